The number of carboxylic acids is 1. The molecule has 0 aliphatic carbocycles. The lowest BCUT2D eigenvalue weighted by atomic mass is 10.2. The summed E-state index contributed by atoms with van der Waals surface area (Å²) in [5.41, 5.74) is -0.329. The van der Waals surface area contributed by atoms with Crippen molar-refractivity contribution in [3.05, 3.63) is 27.7 Å². The predicted octanol–water partition coefficient (Wildman–Crippen LogP) is 2.10. The highest BCUT2D eigenvalue weighted by Gasteiger charge is 2.17. The first-order valence-corrected chi connectivity index (χ1v) is 6.30. The smallest absolute Gasteiger partial charge is 0.337 e. The fraction of sp³-hybridized carbons (Fsp3) is 0.125. The van der Waals surface area contributed by atoms with Gasteiger partial charge in [0.1, 0.15) is 0 Å². The van der Waals surface area contributed by atoms with Crippen molar-refractivity contribution in [1.82, 2.24) is 0 Å². The fourth-order valence-electron chi connectivity index (χ4n) is 0.934. The molecule has 1 rings (SSSR count). The van der Waals surface area contributed by atoms with Crippen molar-refractivity contribution in [2.45, 2.75) is 4.90 Å². The number of sulfone groups is 1. The quantitative estimate of drug-likeness (QED) is 0.892. The van der Waals surface area contributed by atoms with Gasteiger partial charge in [-0.1, -0.05) is 23.2 Å². The topological polar surface area (TPSA) is 71.4 Å². The van der Waals surface area contributed by atoms with E-state index < -0.39 is 15.8 Å². The van der Waals surface area contributed by atoms with E-state index in [4.69, 9.17) is 28.3 Å². The SMILES string of the molecule is CS(=O)(=O)c1cc(Cl)c(Cl)c(C(=O)O)c1. The van der Waals surface area contributed by atoms with Crippen LogP contribution in [0, 0.1) is 0 Å². The molecule has 0 aromatic heterocycles. The third-order valence-electron chi connectivity index (χ3n) is 1.66. The van der Waals surface area contributed by atoms with Gasteiger partial charge < -0.3 is 5.11 Å². The number of halogens is 2. The molecule has 0 bridgehead atoms. The van der Waals surface area contributed by atoms with Crippen LogP contribution in [0.25, 0.3) is 0 Å². The van der Waals surface area contributed by atoms with E-state index in [1.807, 2.05) is 0 Å². The fourth-order valence-corrected chi connectivity index (χ4v) is 2.07. The highest BCUT2D eigenvalue weighted by molar-refractivity contribution is 7.90. The Labute approximate surface area is 96.3 Å². The third-order valence-corrected chi connectivity index (χ3v) is 3.55. The molecule has 82 valence electrons. The van der Waals surface area contributed by atoms with Gasteiger partial charge in [-0.05, 0) is 12.1 Å². The average Bonchev–Trinajstić information content (AvgIpc) is 2.06. The molecule has 15 heavy (non-hydrogen) atoms. The normalized spacial score (nSPS) is 11.4. The van der Waals surface area contributed by atoms with E-state index in [9.17, 15) is 13.2 Å². The Balaban J connectivity index is 3.57. The first-order valence-electron chi connectivity index (χ1n) is 3.66. The highest BCUT2D eigenvalue weighted by atomic mass is 35.5. The molecule has 0 saturated heterocycles. The summed E-state index contributed by atoms with van der Waals surface area (Å²) in [4.78, 5) is 10.5. The van der Waals surface area contributed by atoms with Gasteiger partial charge in [-0.15, -0.1) is 0 Å². The summed E-state index contributed by atoms with van der Waals surface area (Å²) >= 11 is 11.2. The summed E-state index contributed by atoms with van der Waals surface area (Å²) < 4.78 is 22.4. The molecule has 1 N–H and O–H groups in total. The zero-order chi connectivity index (χ0) is 11.8. The van der Waals surface area contributed by atoms with Crippen molar-refractivity contribution >= 4 is 39.0 Å². The van der Waals surface area contributed by atoms with Crippen molar-refractivity contribution < 1.29 is 18.3 Å². The molecule has 0 atom stereocenters. The molecule has 0 fully saturated rings. The summed E-state index contributed by atoms with van der Waals surface area (Å²) in [6.45, 7) is 0. The summed E-state index contributed by atoms with van der Waals surface area (Å²) in [5.74, 6) is -1.33. The van der Waals surface area contributed by atoms with Crippen LogP contribution in [-0.2, 0) is 9.84 Å². The number of carbonyl (C=O) groups is 1. The molecule has 0 heterocycles. The van der Waals surface area contributed by atoms with Gasteiger partial charge in [0.2, 0.25) is 0 Å². The summed E-state index contributed by atoms with van der Waals surface area (Å²) in [7, 11) is -3.50. The van der Waals surface area contributed by atoms with Crippen LogP contribution in [0.1, 0.15) is 10.4 Å². The van der Waals surface area contributed by atoms with E-state index in [2.05, 4.69) is 0 Å². The van der Waals surface area contributed by atoms with Crippen LogP contribution in [0.3, 0.4) is 0 Å². The van der Waals surface area contributed by atoms with Crippen LogP contribution in [0.4, 0.5) is 0 Å². The Kier molecular flexibility index (Phi) is 3.28. The molecule has 0 saturated carbocycles. The van der Waals surface area contributed by atoms with E-state index in [1.165, 1.54) is 0 Å². The van der Waals surface area contributed by atoms with E-state index in [-0.39, 0.29) is 20.5 Å². The predicted molar refractivity (Wildman–Crippen MR) is 56.5 cm³/mol. The summed E-state index contributed by atoms with van der Waals surface area (Å²) in [5, 5.41) is 8.47. The number of rotatable bonds is 2. The van der Waals surface area contributed by atoms with Gasteiger partial charge >= 0.3 is 5.97 Å². The lowest BCUT2D eigenvalue weighted by Crippen LogP contribution is -2.03. The van der Waals surface area contributed by atoms with Crippen LogP contribution in [0.15, 0.2) is 17.0 Å². The molecule has 0 aliphatic heterocycles. The molecule has 1 aromatic carbocycles. The van der Waals surface area contributed by atoms with E-state index in [0.29, 0.717) is 0 Å². The van der Waals surface area contributed by atoms with Crippen LogP contribution in [-0.4, -0.2) is 25.7 Å². The minimum Gasteiger partial charge on any atom is -0.478 e. The van der Waals surface area contributed by atoms with Gasteiger partial charge in [0.05, 0.1) is 20.5 Å². The Morgan fingerprint density at radius 2 is 1.87 bits per heavy atom. The molecule has 0 spiro atoms. The van der Waals surface area contributed by atoms with Crippen molar-refractivity contribution in [2.75, 3.05) is 6.26 Å². The first kappa shape index (κ1) is 12.3. The molecule has 0 unspecified atom stereocenters. The van der Waals surface area contributed by atoms with Gasteiger partial charge in [-0.25, -0.2) is 13.2 Å². The number of benzene rings is 1. The maximum absolute atomic E-state index is 11.2. The van der Waals surface area contributed by atoms with E-state index >= 15 is 0 Å². The summed E-state index contributed by atoms with van der Waals surface area (Å²) in [6, 6.07) is 2.09. The van der Waals surface area contributed by atoms with Crippen LogP contribution in [0.5, 0.6) is 0 Å². The minimum absolute atomic E-state index is 0.100. The summed E-state index contributed by atoms with van der Waals surface area (Å²) in [6.07, 6.45) is 0.957. The van der Waals surface area contributed by atoms with Gasteiger partial charge in [0, 0.05) is 6.26 Å². The van der Waals surface area contributed by atoms with Gasteiger partial charge in [-0.3, -0.25) is 0 Å². The molecular weight excluding hydrogens is 263 g/mol. The second-order valence-corrected chi connectivity index (χ2v) is 5.64. The Morgan fingerprint density at radius 3 is 2.27 bits per heavy atom. The molecule has 0 radical (unpaired) electrons. The average molecular weight is 269 g/mol. The zero-order valence-electron chi connectivity index (χ0n) is 7.49. The minimum atomic E-state index is -3.50. The van der Waals surface area contributed by atoms with Gasteiger partial charge in [-0.2, -0.15) is 0 Å². The molecule has 0 aliphatic rings. The van der Waals surface area contributed by atoms with Crippen molar-refractivity contribution in [1.29, 1.82) is 0 Å². The van der Waals surface area contributed by atoms with Gasteiger partial charge in [0.25, 0.3) is 0 Å². The monoisotopic (exact) mass is 268 g/mol. The zero-order valence-corrected chi connectivity index (χ0v) is 9.82. The highest BCUT2D eigenvalue weighted by Crippen LogP contribution is 2.29. The number of carboxylic acid groups (broad SMARTS) is 1. The number of hydrogen-bond acceptors (Lipinski definition) is 3. The second-order valence-electron chi connectivity index (χ2n) is 2.84. The second kappa shape index (κ2) is 4.00. The maximum Gasteiger partial charge on any atom is 0.337 e. The molecule has 7 heteroatoms. The Morgan fingerprint density at radius 1 is 1.33 bits per heavy atom. The van der Waals surface area contributed by atoms with Crippen LogP contribution < -0.4 is 0 Å². The molecule has 0 amide bonds. The van der Waals surface area contributed by atoms with E-state index in [1.54, 1.807) is 0 Å². The van der Waals surface area contributed by atoms with Gasteiger partial charge in [0.15, 0.2) is 9.84 Å². The molecule has 1 aromatic rings. The Hall–Kier alpha value is -0.780. The lowest BCUT2D eigenvalue weighted by molar-refractivity contribution is 0.0697. The first-order chi connectivity index (χ1) is 6.73. The number of hydrogen-bond donors (Lipinski definition) is 1. The molecular formula is C8H6Cl2O4S. The third kappa shape index (κ3) is 2.62. The van der Waals surface area contributed by atoms with Crippen LogP contribution in [0.2, 0.25) is 10.0 Å². The lowest BCUT2D eigenvalue weighted by Gasteiger charge is -2.04. The van der Waals surface area contributed by atoms with Crippen molar-refractivity contribution in [3.63, 3.8) is 0 Å². The van der Waals surface area contributed by atoms with E-state index in [0.717, 1.165) is 18.4 Å². The maximum atomic E-state index is 11.2. The van der Waals surface area contributed by atoms with Crippen LogP contribution >= 0.6 is 23.2 Å². The Bertz CT molecular complexity index is 522. The molecule has 4 nitrogen and oxygen atoms in total. The van der Waals surface area contributed by atoms with Crippen molar-refractivity contribution in [3.8, 4) is 0 Å². The standard InChI is InChI=1S/C8H6Cl2O4S/c1-15(13,14)4-2-5(8(11)12)7(10)6(9)3-4/h2-3H,1H3,(H,11,12). The number of aromatic carboxylic acids is 1. The largest absolute Gasteiger partial charge is 0.478 e. The van der Waals surface area contributed by atoms with Crippen molar-refractivity contribution in [2.24, 2.45) is 0 Å².